The topological polar surface area (TPSA) is 66.3 Å². The minimum absolute atomic E-state index is 0.705. The molecule has 18 heavy (non-hydrogen) atoms. The van der Waals surface area contributed by atoms with Crippen molar-refractivity contribution in [1.29, 1.82) is 0 Å². The fourth-order valence-electron chi connectivity index (χ4n) is 2.02. The lowest BCUT2D eigenvalue weighted by atomic mass is 10.2. The first kappa shape index (κ1) is 12.5. The van der Waals surface area contributed by atoms with Crippen LogP contribution in [0.4, 0.5) is 5.95 Å². The maximum absolute atomic E-state index is 10.4. The molecule has 1 saturated heterocycles. The van der Waals surface area contributed by atoms with Crippen LogP contribution in [0.1, 0.15) is 31.2 Å². The maximum Gasteiger partial charge on any atom is 0.328 e. The minimum Gasteiger partial charge on any atom is -0.478 e. The Morgan fingerprint density at radius 2 is 1.78 bits per heavy atom. The van der Waals surface area contributed by atoms with Crippen LogP contribution in [0, 0.1) is 0 Å². The second-order valence-electron chi connectivity index (χ2n) is 4.39. The number of nitrogens with zero attached hydrogens (tertiary/aromatic N) is 3. The van der Waals surface area contributed by atoms with Crippen molar-refractivity contribution in [1.82, 2.24) is 9.97 Å². The van der Waals surface area contributed by atoms with Crippen molar-refractivity contribution in [3.05, 3.63) is 24.0 Å². The van der Waals surface area contributed by atoms with Crippen LogP contribution in [0.5, 0.6) is 0 Å². The zero-order valence-electron chi connectivity index (χ0n) is 10.2. The molecule has 0 aromatic carbocycles. The Bertz CT molecular complexity index is 420. The van der Waals surface area contributed by atoms with Gasteiger partial charge in [0.2, 0.25) is 5.95 Å². The first-order valence-corrected chi connectivity index (χ1v) is 6.24. The van der Waals surface area contributed by atoms with Gasteiger partial charge in [-0.2, -0.15) is 0 Å². The number of carboxylic acids is 1. The lowest BCUT2D eigenvalue weighted by Crippen LogP contribution is -2.25. The van der Waals surface area contributed by atoms with E-state index in [4.69, 9.17) is 5.11 Å². The summed E-state index contributed by atoms with van der Waals surface area (Å²) in [5.41, 5.74) is 0.705. The lowest BCUT2D eigenvalue weighted by molar-refractivity contribution is -0.131. The Hall–Kier alpha value is -1.91. The molecular formula is C13H17N3O2. The van der Waals surface area contributed by atoms with Crippen LogP contribution in [0.3, 0.4) is 0 Å². The second-order valence-corrected chi connectivity index (χ2v) is 4.39. The van der Waals surface area contributed by atoms with Crippen LogP contribution < -0.4 is 4.90 Å². The van der Waals surface area contributed by atoms with E-state index in [9.17, 15) is 4.79 Å². The van der Waals surface area contributed by atoms with Gasteiger partial charge in [0.1, 0.15) is 0 Å². The summed E-state index contributed by atoms with van der Waals surface area (Å²) < 4.78 is 0. The van der Waals surface area contributed by atoms with Crippen molar-refractivity contribution in [3.8, 4) is 0 Å². The van der Waals surface area contributed by atoms with E-state index in [0.717, 1.165) is 25.1 Å². The summed E-state index contributed by atoms with van der Waals surface area (Å²) in [7, 11) is 0. The van der Waals surface area contributed by atoms with E-state index in [0.29, 0.717) is 5.56 Å². The van der Waals surface area contributed by atoms with E-state index >= 15 is 0 Å². The molecule has 1 aliphatic rings. The van der Waals surface area contributed by atoms with Crippen molar-refractivity contribution in [2.24, 2.45) is 0 Å². The van der Waals surface area contributed by atoms with E-state index in [-0.39, 0.29) is 0 Å². The summed E-state index contributed by atoms with van der Waals surface area (Å²) in [4.78, 5) is 21.2. The van der Waals surface area contributed by atoms with Gasteiger partial charge >= 0.3 is 5.97 Å². The first-order valence-electron chi connectivity index (χ1n) is 6.24. The van der Waals surface area contributed by atoms with Gasteiger partial charge in [-0.3, -0.25) is 0 Å². The highest BCUT2D eigenvalue weighted by Gasteiger charge is 2.11. The molecule has 0 atom stereocenters. The van der Waals surface area contributed by atoms with E-state index in [1.807, 2.05) is 0 Å². The largest absolute Gasteiger partial charge is 0.478 e. The van der Waals surface area contributed by atoms with Crippen LogP contribution in [-0.4, -0.2) is 34.1 Å². The Kier molecular flexibility index (Phi) is 4.28. The Labute approximate surface area is 106 Å². The number of hydrogen-bond acceptors (Lipinski definition) is 4. The summed E-state index contributed by atoms with van der Waals surface area (Å²) in [6, 6.07) is 0. The third-order valence-electron chi connectivity index (χ3n) is 2.97. The predicted octanol–water partition coefficient (Wildman–Crippen LogP) is 1.95. The van der Waals surface area contributed by atoms with Crippen molar-refractivity contribution in [2.45, 2.75) is 25.7 Å². The van der Waals surface area contributed by atoms with Gasteiger partial charge in [0.25, 0.3) is 0 Å². The van der Waals surface area contributed by atoms with Crippen molar-refractivity contribution < 1.29 is 9.90 Å². The number of aliphatic carboxylic acids is 1. The van der Waals surface area contributed by atoms with Gasteiger partial charge in [0, 0.05) is 37.1 Å². The molecule has 1 aliphatic heterocycles. The fraction of sp³-hybridized carbons (Fsp3) is 0.462. The Morgan fingerprint density at radius 3 is 2.33 bits per heavy atom. The fourth-order valence-corrected chi connectivity index (χ4v) is 2.02. The molecular weight excluding hydrogens is 230 g/mol. The molecule has 2 rings (SSSR count). The third kappa shape index (κ3) is 3.55. The summed E-state index contributed by atoms with van der Waals surface area (Å²) in [6.45, 7) is 2.01. The standard InChI is InChI=1S/C13H17N3O2/c17-12(18)6-5-11-9-14-13(15-10-11)16-7-3-1-2-4-8-16/h5-6,9-10H,1-4,7-8H2,(H,17,18)/b6-5+. The second kappa shape index (κ2) is 6.14. The molecule has 1 aromatic heterocycles. The predicted molar refractivity (Wildman–Crippen MR) is 69.4 cm³/mol. The zero-order valence-corrected chi connectivity index (χ0v) is 10.2. The van der Waals surface area contributed by atoms with E-state index in [1.54, 1.807) is 12.4 Å². The minimum atomic E-state index is -0.966. The lowest BCUT2D eigenvalue weighted by Gasteiger charge is -2.19. The Balaban J connectivity index is 2.04. The smallest absolute Gasteiger partial charge is 0.328 e. The van der Waals surface area contributed by atoms with E-state index < -0.39 is 5.97 Å². The molecule has 0 unspecified atom stereocenters. The number of rotatable bonds is 3. The van der Waals surface area contributed by atoms with Crippen LogP contribution in [0.2, 0.25) is 0 Å². The number of carboxylic acid groups (broad SMARTS) is 1. The molecule has 1 aromatic rings. The molecule has 0 saturated carbocycles. The average molecular weight is 247 g/mol. The van der Waals surface area contributed by atoms with Gasteiger partial charge in [-0.25, -0.2) is 14.8 Å². The van der Waals surface area contributed by atoms with Crippen molar-refractivity contribution in [2.75, 3.05) is 18.0 Å². The van der Waals surface area contributed by atoms with Gasteiger partial charge in [0.15, 0.2) is 0 Å². The molecule has 0 spiro atoms. The van der Waals surface area contributed by atoms with Crippen LogP contribution >= 0.6 is 0 Å². The number of hydrogen-bond donors (Lipinski definition) is 1. The monoisotopic (exact) mass is 247 g/mol. The number of anilines is 1. The molecule has 0 radical (unpaired) electrons. The highest BCUT2D eigenvalue weighted by Crippen LogP contribution is 2.15. The summed E-state index contributed by atoms with van der Waals surface area (Å²) in [6.07, 6.45) is 10.8. The van der Waals surface area contributed by atoms with E-state index in [2.05, 4.69) is 14.9 Å². The SMILES string of the molecule is O=C(O)/C=C/c1cnc(N2CCCCCC2)nc1. The Morgan fingerprint density at radius 1 is 1.17 bits per heavy atom. The van der Waals surface area contributed by atoms with E-state index in [1.165, 1.54) is 31.8 Å². The van der Waals surface area contributed by atoms with Gasteiger partial charge < -0.3 is 10.0 Å². The molecule has 1 fully saturated rings. The van der Waals surface area contributed by atoms with Crippen LogP contribution in [-0.2, 0) is 4.79 Å². The maximum atomic E-state index is 10.4. The average Bonchev–Trinajstić information content (AvgIpc) is 2.66. The summed E-state index contributed by atoms with van der Waals surface area (Å²) in [5, 5.41) is 8.53. The highest BCUT2D eigenvalue weighted by molar-refractivity contribution is 5.85. The van der Waals surface area contributed by atoms with Crippen molar-refractivity contribution in [3.63, 3.8) is 0 Å². The zero-order chi connectivity index (χ0) is 12.8. The molecule has 5 heteroatoms. The molecule has 2 heterocycles. The first-order chi connectivity index (χ1) is 8.75. The molecule has 5 nitrogen and oxygen atoms in total. The summed E-state index contributed by atoms with van der Waals surface area (Å²) in [5.74, 6) is -0.226. The normalized spacial score (nSPS) is 16.8. The number of carbonyl (C=O) groups is 1. The quantitative estimate of drug-likeness (QED) is 0.827. The van der Waals surface area contributed by atoms with Gasteiger partial charge in [-0.05, 0) is 18.9 Å². The molecule has 0 amide bonds. The summed E-state index contributed by atoms with van der Waals surface area (Å²) >= 11 is 0. The van der Waals surface area contributed by atoms with Crippen LogP contribution in [0.15, 0.2) is 18.5 Å². The molecule has 1 N–H and O–H groups in total. The molecule has 0 bridgehead atoms. The van der Waals surface area contributed by atoms with Gasteiger partial charge in [0.05, 0.1) is 0 Å². The third-order valence-corrected chi connectivity index (χ3v) is 2.97. The van der Waals surface area contributed by atoms with Gasteiger partial charge in [-0.1, -0.05) is 12.8 Å². The van der Waals surface area contributed by atoms with Gasteiger partial charge in [-0.15, -0.1) is 0 Å². The molecule has 0 aliphatic carbocycles. The van der Waals surface area contributed by atoms with Crippen molar-refractivity contribution >= 4 is 18.0 Å². The highest BCUT2D eigenvalue weighted by atomic mass is 16.4. The van der Waals surface area contributed by atoms with Crippen LogP contribution in [0.25, 0.3) is 6.08 Å². The number of aromatic nitrogens is 2. The molecule has 96 valence electrons.